The van der Waals surface area contributed by atoms with E-state index in [1.807, 2.05) is 0 Å². The topological polar surface area (TPSA) is 49.5 Å². The van der Waals surface area contributed by atoms with Gasteiger partial charge in [0.2, 0.25) is 0 Å². The van der Waals surface area contributed by atoms with E-state index in [4.69, 9.17) is 5.73 Å². The molecule has 3 atom stereocenters. The maximum Gasteiger partial charge on any atom is 0.0710 e. The second-order valence-corrected chi connectivity index (χ2v) is 5.36. The normalized spacial score (nSPS) is 33.6. The van der Waals surface area contributed by atoms with Crippen molar-refractivity contribution in [2.24, 2.45) is 5.73 Å². The molecule has 1 aliphatic carbocycles. The standard InChI is InChI=1S/C14H20N2O/c15-12-7-13(14(17)8-12)16-6-5-10-3-1-2-4-11(10)9-16/h1-4,12-14,17H,5-9,15H2. The molecule has 0 amide bonds. The molecule has 0 saturated heterocycles. The van der Waals surface area contributed by atoms with Gasteiger partial charge < -0.3 is 10.8 Å². The number of benzene rings is 1. The van der Waals surface area contributed by atoms with E-state index in [0.29, 0.717) is 0 Å². The molecule has 1 fully saturated rings. The summed E-state index contributed by atoms with van der Waals surface area (Å²) in [6.45, 7) is 2.01. The Labute approximate surface area is 102 Å². The van der Waals surface area contributed by atoms with Crippen molar-refractivity contribution in [3.05, 3.63) is 35.4 Å². The summed E-state index contributed by atoms with van der Waals surface area (Å²) in [4.78, 5) is 2.40. The minimum absolute atomic E-state index is 0.173. The van der Waals surface area contributed by atoms with E-state index < -0.39 is 0 Å². The van der Waals surface area contributed by atoms with E-state index >= 15 is 0 Å². The molecule has 3 rings (SSSR count). The summed E-state index contributed by atoms with van der Waals surface area (Å²) in [7, 11) is 0. The molecule has 1 heterocycles. The fraction of sp³-hybridized carbons (Fsp3) is 0.571. The molecular weight excluding hydrogens is 212 g/mol. The maximum atomic E-state index is 10.0. The molecule has 0 spiro atoms. The number of nitrogens with two attached hydrogens (primary N) is 1. The number of nitrogens with zero attached hydrogens (tertiary/aromatic N) is 1. The highest BCUT2D eigenvalue weighted by Crippen LogP contribution is 2.28. The summed E-state index contributed by atoms with van der Waals surface area (Å²) in [5.74, 6) is 0. The van der Waals surface area contributed by atoms with Crippen LogP contribution in [0.1, 0.15) is 24.0 Å². The van der Waals surface area contributed by atoms with E-state index in [-0.39, 0.29) is 18.2 Å². The van der Waals surface area contributed by atoms with Crippen LogP contribution < -0.4 is 5.73 Å². The van der Waals surface area contributed by atoms with Gasteiger partial charge in [-0.1, -0.05) is 24.3 Å². The molecule has 3 nitrogen and oxygen atoms in total. The summed E-state index contributed by atoms with van der Waals surface area (Å²) >= 11 is 0. The van der Waals surface area contributed by atoms with Gasteiger partial charge in [0, 0.05) is 25.2 Å². The van der Waals surface area contributed by atoms with E-state index in [9.17, 15) is 5.11 Å². The molecule has 3 heteroatoms. The number of aliphatic hydroxyl groups excluding tert-OH is 1. The summed E-state index contributed by atoms with van der Waals surface area (Å²) in [5, 5.41) is 10.0. The lowest BCUT2D eigenvalue weighted by Gasteiger charge is -2.35. The molecular formula is C14H20N2O. The van der Waals surface area contributed by atoms with Crippen molar-refractivity contribution in [1.29, 1.82) is 0 Å². The third-order valence-electron chi connectivity index (χ3n) is 4.16. The first kappa shape index (κ1) is 11.2. The molecule has 0 radical (unpaired) electrons. The third kappa shape index (κ3) is 2.10. The van der Waals surface area contributed by atoms with Crippen LogP contribution in [0.4, 0.5) is 0 Å². The van der Waals surface area contributed by atoms with Gasteiger partial charge in [0.05, 0.1) is 6.10 Å². The minimum Gasteiger partial charge on any atom is -0.391 e. The van der Waals surface area contributed by atoms with Crippen molar-refractivity contribution in [3.63, 3.8) is 0 Å². The third-order valence-corrected chi connectivity index (χ3v) is 4.16. The highest BCUT2D eigenvalue weighted by Gasteiger charge is 2.36. The highest BCUT2D eigenvalue weighted by molar-refractivity contribution is 5.29. The van der Waals surface area contributed by atoms with E-state index in [0.717, 1.165) is 32.4 Å². The van der Waals surface area contributed by atoms with Crippen LogP contribution >= 0.6 is 0 Å². The van der Waals surface area contributed by atoms with Crippen LogP contribution in [-0.4, -0.2) is 34.7 Å². The quantitative estimate of drug-likeness (QED) is 0.756. The minimum atomic E-state index is -0.240. The predicted octanol–water partition coefficient (Wildman–Crippen LogP) is 0.895. The summed E-state index contributed by atoms with van der Waals surface area (Å²) in [6, 6.07) is 9.05. The molecule has 92 valence electrons. The van der Waals surface area contributed by atoms with Crippen LogP contribution in [0.15, 0.2) is 24.3 Å². The Bertz CT molecular complexity index is 407. The van der Waals surface area contributed by atoms with Crippen LogP contribution in [0.25, 0.3) is 0 Å². The Morgan fingerprint density at radius 1 is 1.18 bits per heavy atom. The Morgan fingerprint density at radius 3 is 2.65 bits per heavy atom. The first-order valence-electron chi connectivity index (χ1n) is 6.48. The molecule has 0 aromatic heterocycles. The van der Waals surface area contributed by atoms with Crippen LogP contribution in [0.5, 0.6) is 0 Å². The number of hydrogen-bond acceptors (Lipinski definition) is 3. The molecule has 2 aliphatic rings. The van der Waals surface area contributed by atoms with Gasteiger partial charge in [0.25, 0.3) is 0 Å². The zero-order valence-electron chi connectivity index (χ0n) is 10.0. The van der Waals surface area contributed by atoms with Gasteiger partial charge in [-0.25, -0.2) is 0 Å². The molecule has 1 saturated carbocycles. The number of fused-ring (bicyclic) bond motifs is 1. The summed E-state index contributed by atoms with van der Waals surface area (Å²) in [6.07, 6.45) is 2.54. The number of rotatable bonds is 1. The molecule has 1 aromatic rings. The van der Waals surface area contributed by atoms with Crippen molar-refractivity contribution in [2.75, 3.05) is 6.54 Å². The largest absolute Gasteiger partial charge is 0.391 e. The van der Waals surface area contributed by atoms with Crippen molar-refractivity contribution in [2.45, 2.75) is 44.0 Å². The van der Waals surface area contributed by atoms with Gasteiger partial charge in [-0.15, -0.1) is 0 Å². The molecule has 1 aromatic carbocycles. The van der Waals surface area contributed by atoms with Crippen LogP contribution in [0.3, 0.4) is 0 Å². The van der Waals surface area contributed by atoms with Gasteiger partial charge in [-0.05, 0) is 30.4 Å². The smallest absolute Gasteiger partial charge is 0.0710 e. The van der Waals surface area contributed by atoms with E-state index in [1.54, 1.807) is 0 Å². The lowest BCUT2D eigenvalue weighted by Crippen LogP contribution is -2.43. The zero-order valence-corrected chi connectivity index (χ0v) is 10.0. The molecule has 1 aliphatic heterocycles. The lowest BCUT2D eigenvalue weighted by molar-refractivity contribution is 0.0626. The van der Waals surface area contributed by atoms with Gasteiger partial charge in [-0.3, -0.25) is 4.90 Å². The van der Waals surface area contributed by atoms with Crippen LogP contribution in [0, 0.1) is 0 Å². The molecule has 17 heavy (non-hydrogen) atoms. The SMILES string of the molecule is NC1CC(O)C(N2CCc3ccccc3C2)C1. The number of hydrogen-bond donors (Lipinski definition) is 2. The first-order chi connectivity index (χ1) is 8.24. The highest BCUT2D eigenvalue weighted by atomic mass is 16.3. The Hall–Kier alpha value is -0.900. The second-order valence-electron chi connectivity index (χ2n) is 5.36. The van der Waals surface area contributed by atoms with Crippen LogP contribution in [0.2, 0.25) is 0 Å². The Balaban J connectivity index is 1.76. The van der Waals surface area contributed by atoms with Gasteiger partial charge in [0.1, 0.15) is 0 Å². The van der Waals surface area contributed by atoms with Crippen molar-refractivity contribution in [1.82, 2.24) is 4.90 Å². The van der Waals surface area contributed by atoms with Crippen molar-refractivity contribution >= 4 is 0 Å². The summed E-state index contributed by atoms with van der Waals surface area (Å²) in [5.41, 5.74) is 8.80. The number of aliphatic hydroxyl groups is 1. The van der Waals surface area contributed by atoms with Gasteiger partial charge >= 0.3 is 0 Å². The maximum absolute atomic E-state index is 10.0. The first-order valence-corrected chi connectivity index (χ1v) is 6.48. The fourth-order valence-corrected chi connectivity index (χ4v) is 3.22. The second kappa shape index (κ2) is 4.41. The van der Waals surface area contributed by atoms with E-state index in [1.165, 1.54) is 11.1 Å². The molecule has 0 bridgehead atoms. The Kier molecular flexibility index (Phi) is 2.90. The van der Waals surface area contributed by atoms with Crippen LogP contribution in [-0.2, 0) is 13.0 Å². The lowest BCUT2D eigenvalue weighted by atomic mass is 9.98. The van der Waals surface area contributed by atoms with Gasteiger partial charge in [-0.2, -0.15) is 0 Å². The molecule has 3 N–H and O–H groups in total. The fourth-order valence-electron chi connectivity index (χ4n) is 3.22. The Morgan fingerprint density at radius 2 is 1.94 bits per heavy atom. The van der Waals surface area contributed by atoms with Crippen molar-refractivity contribution in [3.8, 4) is 0 Å². The van der Waals surface area contributed by atoms with Crippen molar-refractivity contribution < 1.29 is 5.11 Å². The zero-order chi connectivity index (χ0) is 11.8. The van der Waals surface area contributed by atoms with E-state index in [2.05, 4.69) is 29.2 Å². The average Bonchev–Trinajstić information content (AvgIpc) is 2.68. The van der Waals surface area contributed by atoms with Gasteiger partial charge in [0.15, 0.2) is 0 Å². The molecule has 3 unspecified atom stereocenters. The average molecular weight is 232 g/mol. The predicted molar refractivity (Wildman–Crippen MR) is 67.6 cm³/mol. The summed E-state index contributed by atoms with van der Waals surface area (Å²) < 4.78 is 0. The monoisotopic (exact) mass is 232 g/mol.